The predicted molar refractivity (Wildman–Crippen MR) is 74.3 cm³/mol. The third kappa shape index (κ3) is 2.56. The van der Waals surface area contributed by atoms with Crippen LogP contribution < -0.4 is 0 Å². The highest BCUT2D eigenvalue weighted by molar-refractivity contribution is 5.83. The van der Waals surface area contributed by atoms with Crippen LogP contribution in [0.25, 0.3) is 10.9 Å². The number of rotatable bonds is 5. The average Bonchev–Trinajstić information content (AvgIpc) is 2.74. The first kappa shape index (κ1) is 13.1. The van der Waals surface area contributed by atoms with Crippen LogP contribution in [0.4, 0.5) is 4.39 Å². The molecule has 0 unspecified atom stereocenters. The van der Waals surface area contributed by atoms with Crippen molar-refractivity contribution in [2.75, 3.05) is 13.1 Å². The number of aromatic nitrogens is 1. The van der Waals surface area contributed by atoms with Crippen molar-refractivity contribution in [1.82, 2.24) is 9.88 Å². The van der Waals surface area contributed by atoms with Crippen LogP contribution in [0.1, 0.15) is 26.3 Å². The van der Waals surface area contributed by atoms with Gasteiger partial charge in [-0.05, 0) is 38.4 Å². The SMILES string of the molecule is CCN(CCc1c[nH]c2c(F)cccc12)C(C)C. The highest BCUT2D eigenvalue weighted by Gasteiger charge is 2.10. The molecule has 2 aromatic rings. The first-order valence-corrected chi connectivity index (χ1v) is 6.62. The monoisotopic (exact) mass is 248 g/mol. The number of likely N-dealkylation sites (N-methyl/N-ethyl adjacent to an activating group) is 1. The number of hydrogen-bond acceptors (Lipinski definition) is 1. The zero-order valence-electron chi connectivity index (χ0n) is 11.3. The first-order chi connectivity index (χ1) is 8.63. The molecule has 0 radical (unpaired) electrons. The zero-order valence-corrected chi connectivity index (χ0v) is 11.3. The number of halogens is 1. The van der Waals surface area contributed by atoms with Gasteiger partial charge in [-0.2, -0.15) is 0 Å². The number of benzene rings is 1. The van der Waals surface area contributed by atoms with Gasteiger partial charge in [-0.15, -0.1) is 0 Å². The fourth-order valence-corrected chi connectivity index (χ4v) is 2.43. The Labute approximate surface area is 108 Å². The van der Waals surface area contributed by atoms with Gasteiger partial charge in [-0.25, -0.2) is 4.39 Å². The molecule has 1 aromatic carbocycles. The molecular weight excluding hydrogens is 227 g/mol. The largest absolute Gasteiger partial charge is 0.359 e. The van der Waals surface area contributed by atoms with Crippen molar-refractivity contribution in [1.29, 1.82) is 0 Å². The summed E-state index contributed by atoms with van der Waals surface area (Å²) in [7, 11) is 0. The van der Waals surface area contributed by atoms with Crippen molar-refractivity contribution >= 4 is 10.9 Å². The fraction of sp³-hybridized carbons (Fsp3) is 0.467. The number of hydrogen-bond donors (Lipinski definition) is 1. The molecule has 2 rings (SSSR count). The van der Waals surface area contributed by atoms with Gasteiger partial charge >= 0.3 is 0 Å². The molecule has 2 nitrogen and oxygen atoms in total. The molecule has 0 aliphatic rings. The minimum Gasteiger partial charge on any atom is -0.359 e. The van der Waals surface area contributed by atoms with Crippen molar-refractivity contribution in [3.05, 3.63) is 35.8 Å². The molecule has 0 saturated carbocycles. The Bertz CT molecular complexity index is 516. The third-order valence-corrected chi connectivity index (χ3v) is 3.56. The highest BCUT2D eigenvalue weighted by atomic mass is 19.1. The molecular formula is C15H21FN2. The molecule has 18 heavy (non-hydrogen) atoms. The smallest absolute Gasteiger partial charge is 0.147 e. The Kier molecular flexibility index (Phi) is 4.02. The van der Waals surface area contributed by atoms with Crippen molar-refractivity contribution in [2.45, 2.75) is 33.2 Å². The van der Waals surface area contributed by atoms with Crippen LogP contribution in [-0.4, -0.2) is 29.0 Å². The quantitative estimate of drug-likeness (QED) is 0.857. The van der Waals surface area contributed by atoms with Crippen LogP contribution in [0, 0.1) is 5.82 Å². The van der Waals surface area contributed by atoms with E-state index in [1.54, 1.807) is 6.07 Å². The van der Waals surface area contributed by atoms with E-state index >= 15 is 0 Å². The zero-order chi connectivity index (χ0) is 13.1. The number of para-hydroxylation sites is 1. The van der Waals surface area contributed by atoms with Crippen molar-refractivity contribution < 1.29 is 4.39 Å². The lowest BCUT2D eigenvalue weighted by atomic mass is 10.1. The summed E-state index contributed by atoms with van der Waals surface area (Å²) in [6, 6.07) is 5.80. The van der Waals surface area contributed by atoms with Gasteiger partial charge < -0.3 is 9.88 Å². The summed E-state index contributed by atoms with van der Waals surface area (Å²) in [6.45, 7) is 8.65. The first-order valence-electron chi connectivity index (χ1n) is 6.62. The minimum absolute atomic E-state index is 0.171. The Morgan fingerprint density at radius 2 is 2.11 bits per heavy atom. The van der Waals surface area contributed by atoms with Gasteiger partial charge in [0.15, 0.2) is 0 Å². The predicted octanol–water partition coefficient (Wildman–Crippen LogP) is 3.58. The second-order valence-electron chi connectivity index (χ2n) is 4.95. The highest BCUT2D eigenvalue weighted by Crippen LogP contribution is 2.21. The maximum Gasteiger partial charge on any atom is 0.147 e. The molecule has 0 spiro atoms. The molecule has 1 heterocycles. The van der Waals surface area contributed by atoms with E-state index in [1.807, 2.05) is 12.3 Å². The van der Waals surface area contributed by atoms with E-state index in [1.165, 1.54) is 11.6 Å². The number of fused-ring (bicyclic) bond motifs is 1. The summed E-state index contributed by atoms with van der Waals surface area (Å²) in [6.07, 6.45) is 2.89. The molecule has 0 aliphatic carbocycles. The lowest BCUT2D eigenvalue weighted by Crippen LogP contribution is -2.32. The van der Waals surface area contributed by atoms with Crippen molar-refractivity contribution in [3.63, 3.8) is 0 Å². The maximum absolute atomic E-state index is 13.6. The fourth-order valence-electron chi connectivity index (χ4n) is 2.43. The molecule has 0 aliphatic heterocycles. The minimum atomic E-state index is -0.171. The standard InChI is InChI=1S/C15H21FN2/c1-4-18(11(2)3)9-8-12-10-17-15-13(12)6-5-7-14(15)16/h5-7,10-11,17H,4,8-9H2,1-3H3. The van der Waals surface area contributed by atoms with Crippen LogP contribution in [0.5, 0.6) is 0 Å². The molecule has 3 heteroatoms. The summed E-state index contributed by atoms with van der Waals surface area (Å²) in [5, 5.41) is 1.01. The van der Waals surface area contributed by atoms with Crippen LogP contribution in [0.2, 0.25) is 0 Å². The number of H-pyrrole nitrogens is 1. The summed E-state index contributed by atoms with van der Waals surface area (Å²) >= 11 is 0. The van der Waals surface area contributed by atoms with Gasteiger partial charge in [0.1, 0.15) is 5.82 Å². The van der Waals surface area contributed by atoms with Crippen LogP contribution in [0.3, 0.4) is 0 Å². The molecule has 98 valence electrons. The Hall–Kier alpha value is -1.35. The van der Waals surface area contributed by atoms with Gasteiger partial charge in [-0.3, -0.25) is 0 Å². The van der Waals surface area contributed by atoms with Gasteiger partial charge in [0.05, 0.1) is 5.52 Å². The molecule has 0 saturated heterocycles. The van der Waals surface area contributed by atoms with E-state index in [2.05, 4.69) is 30.7 Å². The summed E-state index contributed by atoms with van der Waals surface area (Å²) in [4.78, 5) is 5.45. The van der Waals surface area contributed by atoms with Crippen LogP contribution in [0.15, 0.2) is 24.4 Å². The van der Waals surface area contributed by atoms with E-state index in [0.717, 1.165) is 24.9 Å². The summed E-state index contributed by atoms with van der Waals surface area (Å²) < 4.78 is 13.6. The van der Waals surface area contributed by atoms with E-state index in [9.17, 15) is 4.39 Å². The Morgan fingerprint density at radius 1 is 1.33 bits per heavy atom. The molecule has 0 atom stereocenters. The Balaban J connectivity index is 2.15. The topological polar surface area (TPSA) is 19.0 Å². The van der Waals surface area contributed by atoms with Crippen molar-refractivity contribution in [2.24, 2.45) is 0 Å². The third-order valence-electron chi connectivity index (χ3n) is 3.56. The molecule has 0 amide bonds. The molecule has 1 aromatic heterocycles. The van der Waals surface area contributed by atoms with Gasteiger partial charge in [0.2, 0.25) is 0 Å². The number of nitrogens with one attached hydrogen (secondary N) is 1. The van der Waals surface area contributed by atoms with Gasteiger partial charge in [-0.1, -0.05) is 19.1 Å². The maximum atomic E-state index is 13.6. The molecule has 0 bridgehead atoms. The average molecular weight is 248 g/mol. The number of aromatic amines is 1. The van der Waals surface area contributed by atoms with Crippen molar-refractivity contribution in [3.8, 4) is 0 Å². The number of nitrogens with zero attached hydrogens (tertiary/aromatic N) is 1. The lowest BCUT2D eigenvalue weighted by Gasteiger charge is -2.24. The molecule has 0 fully saturated rings. The Morgan fingerprint density at radius 3 is 2.78 bits per heavy atom. The van der Waals surface area contributed by atoms with E-state index in [0.29, 0.717) is 11.6 Å². The second kappa shape index (κ2) is 5.53. The lowest BCUT2D eigenvalue weighted by molar-refractivity contribution is 0.237. The van der Waals surface area contributed by atoms with Crippen LogP contribution in [-0.2, 0) is 6.42 Å². The second-order valence-corrected chi connectivity index (χ2v) is 4.95. The normalized spacial score (nSPS) is 11.9. The van der Waals surface area contributed by atoms with Gasteiger partial charge in [0.25, 0.3) is 0 Å². The summed E-state index contributed by atoms with van der Waals surface area (Å²) in [5.41, 5.74) is 1.82. The summed E-state index contributed by atoms with van der Waals surface area (Å²) in [5.74, 6) is -0.171. The van der Waals surface area contributed by atoms with Gasteiger partial charge in [0, 0.05) is 24.2 Å². The van der Waals surface area contributed by atoms with E-state index in [4.69, 9.17) is 0 Å². The molecule has 1 N–H and O–H groups in total. The van der Waals surface area contributed by atoms with E-state index < -0.39 is 0 Å². The van der Waals surface area contributed by atoms with Crippen LogP contribution >= 0.6 is 0 Å². The van der Waals surface area contributed by atoms with E-state index in [-0.39, 0.29) is 5.82 Å².